The van der Waals surface area contributed by atoms with Gasteiger partial charge in [0.2, 0.25) is 0 Å². The summed E-state index contributed by atoms with van der Waals surface area (Å²) in [6.07, 6.45) is 1.32. The van der Waals surface area contributed by atoms with Gasteiger partial charge >= 0.3 is 0 Å². The van der Waals surface area contributed by atoms with Gasteiger partial charge in [-0.2, -0.15) is 0 Å². The Morgan fingerprint density at radius 3 is 1.73 bits per heavy atom. The fourth-order valence-electron chi connectivity index (χ4n) is 1.57. The second-order valence-electron chi connectivity index (χ2n) is 5.99. The molecule has 1 unspecified atom stereocenters. The summed E-state index contributed by atoms with van der Waals surface area (Å²) < 4.78 is 0. The van der Waals surface area contributed by atoms with Crippen LogP contribution in [-0.4, -0.2) is 24.0 Å². The SMILES string of the molecule is CC(C)CCN(CC(C)C(C)C)C(C)C. The molecule has 0 aliphatic rings. The maximum absolute atomic E-state index is 2.63. The van der Waals surface area contributed by atoms with Crippen molar-refractivity contribution < 1.29 is 0 Å². The maximum atomic E-state index is 2.63. The Morgan fingerprint density at radius 2 is 1.40 bits per heavy atom. The highest BCUT2D eigenvalue weighted by Crippen LogP contribution is 2.14. The monoisotopic (exact) mass is 213 g/mol. The zero-order valence-corrected chi connectivity index (χ0v) is 11.9. The van der Waals surface area contributed by atoms with E-state index < -0.39 is 0 Å². The lowest BCUT2D eigenvalue weighted by molar-refractivity contribution is 0.165. The van der Waals surface area contributed by atoms with Gasteiger partial charge in [-0.05, 0) is 44.6 Å². The number of hydrogen-bond donors (Lipinski definition) is 0. The Kier molecular flexibility index (Phi) is 7.25. The molecule has 0 N–H and O–H groups in total. The molecule has 1 nitrogen and oxygen atoms in total. The van der Waals surface area contributed by atoms with Gasteiger partial charge in [0.1, 0.15) is 0 Å². The molecule has 1 atom stereocenters. The summed E-state index contributed by atoms with van der Waals surface area (Å²) in [5.74, 6) is 2.42. The van der Waals surface area contributed by atoms with Gasteiger partial charge < -0.3 is 4.90 Å². The summed E-state index contributed by atoms with van der Waals surface area (Å²) in [7, 11) is 0. The van der Waals surface area contributed by atoms with E-state index in [1.807, 2.05) is 0 Å². The molecule has 0 rings (SSSR count). The van der Waals surface area contributed by atoms with E-state index in [9.17, 15) is 0 Å². The summed E-state index contributed by atoms with van der Waals surface area (Å²) in [6, 6.07) is 0.685. The first kappa shape index (κ1) is 15.0. The predicted octanol–water partition coefficient (Wildman–Crippen LogP) is 4.04. The van der Waals surface area contributed by atoms with Crippen molar-refractivity contribution in [2.24, 2.45) is 17.8 Å². The molecule has 1 heteroatoms. The molecule has 0 aliphatic heterocycles. The maximum Gasteiger partial charge on any atom is 0.00387 e. The van der Waals surface area contributed by atoms with E-state index in [1.54, 1.807) is 0 Å². The van der Waals surface area contributed by atoms with Gasteiger partial charge in [-0.25, -0.2) is 0 Å². The third kappa shape index (κ3) is 6.94. The van der Waals surface area contributed by atoms with Crippen molar-refractivity contribution >= 4 is 0 Å². The van der Waals surface area contributed by atoms with Crippen molar-refractivity contribution in [3.63, 3.8) is 0 Å². The van der Waals surface area contributed by atoms with Gasteiger partial charge in [-0.3, -0.25) is 0 Å². The highest BCUT2D eigenvalue weighted by atomic mass is 15.1. The lowest BCUT2D eigenvalue weighted by atomic mass is 9.96. The summed E-state index contributed by atoms with van der Waals surface area (Å²) >= 11 is 0. The first-order valence-corrected chi connectivity index (χ1v) is 6.58. The fraction of sp³-hybridized carbons (Fsp3) is 1.00. The van der Waals surface area contributed by atoms with Crippen LogP contribution in [0, 0.1) is 17.8 Å². The molecule has 0 bridgehead atoms. The van der Waals surface area contributed by atoms with Crippen molar-refractivity contribution in [3.8, 4) is 0 Å². The Balaban J connectivity index is 4.04. The molecule has 0 saturated heterocycles. The minimum Gasteiger partial charge on any atom is -0.301 e. The van der Waals surface area contributed by atoms with Gasteiger partial charge in [0, 0.05) is 12.6 Å². The number of rotatable bonds is 7. The molecule has 0 aromatic heterocycles. The highest BCUT2D eigenvalue weighted by molar-refractivity contribution is 4.69. The smallest absolute Gasteiger partial charge is 0.00387 e. The average molecular weight is 213 g/mol. The molecule has 0 spiro atoms. The quantitative estimate of drug-likeness (QED) is 0.617. The lowest BCUT2D eigenvalue weighted by Gasteiger charge is -2.31. The number of nitrogens with zero attached hydrogens (tertiary/aromatic N) is 1. The molecule has 0 amide bonds. The Labute approximate surface area is 97.2 Å². The Hall–Kier alpha value is -0.0400. The Bertz CT molecular complexity index is 149. The number of hydrogen-bond acceptors (Lipinski definition) is 1. The molecule has 0 aromatic rings. The van der Waals surface area contributed by atoms with E-state index in [2.05, 4.69) is 53.4 Å². The van der Waals surface area contributed by atoms with Gasteiger partial charge in [0.25, 0.3) is 0 Å². The van der Waals surface area contributed by atoms with E-state index in [0.29, 0.717) is 6.04 Å². The zero-order chi connectivity index (χ0) is 12.0. The lowest BCUT2D eigenvalue weighted by Crippen LogP contribution is -2.37. The first-order valence-electron chi connectivity index (χ1n) is 6.58. The molecule has 15 heavy (non-hydrogen) atoms. The van der Waals surface area contributed by atoms with Gasteiger partial charge in [-0.1, -0.05) is 34.6 Å². The van der Waals surface area contributed by atoms with Crippen molar-refractivity contribution in [2.75, 3.05) is 13.1 Å². The van der Waals surface area contributed by atoms with Crippen LogP contribution in [0.4, 0.5) is 0 Å². The molecule has 0 aromatic carbocycles. The summed E-state index contributed by atoms with van der Waals surface area (Å²) in [6.45, 7) is 18.8. The second kappa shape index (κ2) is 7.27. The zero-order valence-electron chi connectivity index (χ0n) is 11.9. The van der Waals surface area contributed by atoms with Crippen LogP contribution in [0.15, 0.2) is 0 Å². The van der Waals surface area contributed by atoms with Crippen LogP contribution < -0.4 is 0 Å². The van der Waals surface area contributed by atoms with Crippen LogP contribution in [0.1, 0.15) is 54.9 Å². The highest BCUT2D eigenvalue weighted by Gasteiger charge is 2.15. The van der Waals surface area contributed by atoms with Gasteiger partial charge in [0.05, 0.1) is 0 Å². The standard InChI is InChI=1S/C14H31N/c1-11(2)8-9-15(13(5)6)10-14(7)12(3)4/h11-14H,8-10H2,1-7H3. The molecule has 0 fully saturated rings. The first-order chi connectivity index (χ1) is 6.84. The van der Waals surface area contributed by atoms with Crippen molar-refractivity contribution in [1.29, 1.82) is 0 Å². The molecule has 0 heterocycles. The van der Waals surface area contributed by atoms with Crippen molar-refractivity contribution in [2.45, 2.75) is 60.9 Å². The van der Waals surface area contributed by atoms with Crippen LogP contribution in [0.3, 0.4) is 0 Å². The molecule has 0 aliphatic carbocycles. The van der Waals surface area contributed by atoms with Crippen LogP contribution in [0.5, 0.6) is 0 Å². The molecular weight excluding hydrogens is 182 g/mol. The fourth-order valence-corrected chi connectivity index (χ4v) is 1.57. The van der Waals surface area contributed by atoms with E-state index in [1.165, 1.54) is 19.5 Å². The minimum atomic E-state index is 0.685. The van der Waals surface area contributed by atoms with Crippen LogP contribution in [0.25, 0.3) is 0 Å². The van der Waals surface area contributed by atoms with Crippen LogP contribution >= 0.6 is 0 Å². The van der Waals surface area contributed by atoms with Crippen LogP contribution in [0.2, 0.25) is 0 Å². The average Bonchev–Trinajstić information content (AvgIpc) is 2.10. The summed E-state index contributed by atoms with van der Waals surface area (Å²) in [4.78, 5) is 2.63. The summed E-state index contributed by atoms with van der Waals surface area (Å²) in [5, 5.41) is 0. The Morgan fingerprint density at radius 1 is 0.867 bits per heavy atom. The second-order valence-corrected chi connectivity index (χ2v) is 5.99. The third-order valence-electron chi connectivity index (χ3n) is 3.38. The van der Waals surface area contributed by atoms with E-state index >= 15 is 0 Å². The molecule has 92 valence electrons. The molecular formula is C14H31N. The predicted molar refractivity (Wildman–Crippen MR) is 70.2 cm³/mol. The van der Waals surface area contributed by atoms with Crippen LogP contribution in [-0.2, 0) is 0 Å². The summed E-state index contributed by atoms with van der Waals surface area (Å²) in [5.41, 5.74) is 0. The topological polar surface area (TPSA) is 3.24 Å². The normalized spacial score (nSPS) is 14.6. The van der Waals surface area contributed by atoms with E-state index in [-0.39, 0.29) is 0 Å². The van der Waals surface area contributed by atoms with Gasteiger partial charge in [0.15, 0.2) is 0 Å². The minimum absolute atomic E-state index is 0.685. The van der Waals surface area contributed by atoms with E-state index in [4.69, 9.17) is 0 Å². The van der Waals surface area contributed by atoms with Gasteiger partial charge in [-0.15, -0.1) is 0 Å². The third-order valence-corrected chi connectivity index (χ3v) is 3.38. The van der Waals surface area contributed by atoms with Crippen molar-refractivity contribution in [3.05, 3.63) is 0 Å². The molecule has 0 radical (unpaired) electrons. The largest absolute Gasteiger partial charge is 0.301 e. The molecule has 0 saturated carbocycles. The van der Waals surface area contributed by atoms with Crippen molar-refractivity contribution in [1.82, 2.24) is 4.90 Å². The van der Waals surface area contributed by atoms with E-state index in [0.717, 1.165) is 17.8 Å².